The Morgan fingerprint density at radius 1 is 1.00 bits per heavy atom. The molecule has 2 heterocycles. The predicted octanol–water partition coefficient (Wildman–Crippen LogP) is 2.20. The summed E-state index contributed by atoms with van der Waals surface area (Å²) in [5, 5.41) is 10.2. The number of benzene rings is 2. The summed E-state index contributed by atoms with van der Waals surface area (Å²) in [6.07, 6.45) is -10.0. The number of methoxy groups -OCH3 is 1. The van der Waals surface area contributed by atoms with E-state index >= 15 is 0 Å². The van der Waals surface area contributed by atoms with Crippen LogP contribution >= 0.6 is 0 Å². The molecule has 12 nitrogen and oxygen atoms in total. The molecule has 2 fully saturated rings. The summed E-state index contributed by atoms with van der Waals surface area (Å²) < 4.78 is 105. The van der Waals surface area contributed by atoms with Crippen molar-refractivity contribution >= 4 is 33.8 Å². The number of nitrogens with zero attached hydrogens (tertiary/aromatic N) is 2. The van der Waals surface area contributed by atoms with Gasteiger partial charge in [-0.3, -0.25) is 24.6 Å². The van der Waals surface area contributed by atoms with E-state index in [2.05, 4.69) is 10.1 Å². The number of esters is 1. The molecular formula is C27H27F6N3O9S. The number of carboxylic acid groups (broad SMARTS) is 1. The number of aliphatic carboxylic acids is 1. The minimum atomic E-state index is -5.08. The summed E-state index contributed by atoms with van der Waals surface area (Å²) in [4.78, 5) is 49.1. The molecule has 2 aromatic carbocycles. The minimum Gasteiger partial charge on any atom is -0.475 e. The van der Waals surface area contributed by atoms with Crippen molar-refractivity contribution in [2.45, 2.75) is 35.4 Å². The van der Waals surface area contributed by atoms with Gasteiger partial charge in [-0.25, -0.2) is 13.2 Å². The molecule has 2 aromatic rings. The Bertz CT molecular complexity index is 1570. The molecule has 0 aromatic heterocycles. The van der Waals surface area contributed by atoms with E-state index in [0.29, 0.717) is 5.56 Å². The lowest BCUT2D eigenvalue weighted by molar-refractivity contribution is -0.274. The van der Waals surface area contributed by atoms with Crippen molar-refractivity contribution in [1.29, 1.82) is 0 Å². The Hall–Kier alpha value is -4.23. The van der Waals surface area contributed by atoms with Crippen LogP contribution in [0, 0.1) is 11.8 Å². The van der Waals surface area contributed by atoms with E-state index in [1.54, 1.807) is 30.3 Å². The van der Waals surface area contributed by atoms with Crippen LogP contribution in [0.3, 0.4) is 0 Å². The van der Waals surface area contributed by atoms with Crippen molar-refractivity contribution in [2.24, 2.45) is 11.8 Å². The molecule has 0 unspecified atom stereocenters. The second kappa shape index (κ2) is 13.2. The molecule has 2 aliphatic rings. The molecule has 2 aliphatic heterocycles. The van der Waals surface area contributed by atoms with Gasteiger partial charge in [0, 0.05) is 33.1 Å². The maximum Gasteiger partial charge on any atom is 0.573 e. The lowest BCUT2D eigenvalue weighted by Crippen LogP contribution is -2.59. The number of ether oxygens (including phenoxy) is 2. The summed E-state index contributed by atoms with van der Waals surface area (Å²) in [5.41, 5.74) is -0.962. The predicted molar refractivity (Wildman–Crippen MR) is 143 cm³/mol. The Morgan fingerprint density at radius 3 is 2.02 bits per heavy atom. The van der Waals surface area contributed by atoms with E-state index in [4.69, 9.17) is 14.6 Å². The fourth-order valence-corrected chi connectivity index (χ4v) is 6.51. The van der Waals surface area contributed by atoms with Crippen LogP contribution in [0.4, 0.5) is 26.3 Å². The van der Waals surface area contributed by atoms with E-state index < -0.39 is 75.5 Å². The van der Waals surface area contributed by atoms with Gasteiger partial charge in [0.15, 0.2) is 0 Å². The van der Waals surface area contributed by atoms with Crippen molar-refractivity contribution in [1.82, 2.24) is 14.5 Å². The molecular weight excluding hydrogens is 656 g/mol. The molecule has 19 heteroatoms. The van der Waals surface area contributed by atoms with Crippen LogP contribution in [-0.2, 0) is 40.4 Å². The van der Waals surface area contributed by atoms with Crippen LogP contribution < -0.4 is 10.1 Å². The molecule has 0 radical (unpaired) electrons. The number of fused-ring (bicyclic) bond motifs is 1. The fraction of sp³-hybridized carbons (Fsp3) is 0.407. The first-order chi connectivity index (χ1) is 21.2. The molecule has 0 aliphatic carbocycles. The molecule has 4 rings (SSSR count). The summed E-state index contributed by atoms with van der Waals surface area (Å²) in [6, 6.07) is 11.5. The average molecular weight is 684 g/mol. The van der Waals surface area contributed by atoms with Crippen molar-refractivity contribution in [3.63, 3.8) is 0 Å². The number of rotatable bonds is 8. The topological polar surface area (TPSA) is 160 Å². The molecule has 4 atom stereocenters. The molecule has 0 bridgehead atoms. The van der Waals surface area contributed by atoms with Crippen LogP contribution in [0.1, 0.15) is 5.56 Å². The number of hydrogen-bond acceptors (Lipinski definition) is 9. The lowest BCUT2D eigenvalue weighted by Gasteiger charge is -2.32. The van der Waals surface area contributed by atoms with Gasteiger partial charge in [0.1, 0.15) is 11.3 Å². The van der Waals surface area contributed by atoms with E-state index in [9.17, 15) is 49.1 Å². The highest BCUT2D eigenvalue weighted by Crippen LogP contribution is 2.45. The summed E-state index contributed by atoms with van der Waals surface area (Å²) in [6.45, 7) is -0.329. The van der Waals surface area contributed by atoms with E-state index in [-0.39, 0.29) is 17.9 Å². The first-order valence-electron chi connectivity index (χ1n) is 13.0. The molecule has 0 saturated carbocycles. The Morgan fingerprint density at radius 2 is 1.54 bits per heavy atom. The Labute approximate surface area is 257 Å². The van der Waals surface area contributed by atoms with E-state index in [1.807, 2.05) is 0 Å². The number of carbonyl (C=O) groups excluding carboxylic acids is 3. The summed E-state index contributed by atoms with van der Waals surface area (Å²) in [5.74, 6) is -7.49. The zero-order valence-corrected chi connectivity index (χ0v) is 24.9. The number of amides is 2. The van der Waals surface area contributed by atoms with Gasteiger partial charge in [0.2, 0.25) is 21.8 Å². The molecule has 2 N–H and O–H groups in total. The van der Waals surface area contributed by atoms with Gasteiger partial charge < -0.3 is 14.6 Å². The van der Waals surface area contributed by atoms with Crippen LogP contribution in [0.25, 0.3) is 0 Å². The van der Waals surface area contributed by atoms with Crippen molar-refractivity contribution in [3.05, 3.63) is 60.2 Å². The van der Waals surface area contributed by atoms with Gasteiger partial charge in [-0.1, -0.05) is 30.3 Å². The normalized spacial score (nSPS) is 23.1. The van der Waals surface area contributed by atoms with E-state index in [0.717, 1.165) is 40.6 Å². The van der Waals surface area contributed by atoms with Gasteiger partial charge in [-0.2, -0.15) is 17.5 Å². The van der Waals surface area contributed by atoms with Crippen LogP contribution in [0.15, 0.2) is 59.5 Å². The average Bonchev–Trinajstić information content (AvgIpc) is 3.40. The van der Waals surface area contributed by atoms with Crippen molar-refractivity contribution < 1.29 is 68.5 Å². The molecule has 0 spiro atoms. The number of likely N-dealkylation sites (tertiary alicyclic amines) is 1. The van der Waals surface area contributed by atoms with Gasteiger partial charge in [-0.05, 0) is 29.8 Å². The summed E-state index contributed by atoms with van der Waals surface area (Å²) in [7, 11) is -0.562. The third kappa shape index (κ3) is 7.59. The third-order valence-corrected chi connectivity index (χ3v) is 9.15. The quantitative estimate of drug-likeness (QED) is 0.240. The summed E-state index contributed by atoms with van der Waals surface area (Å²) >= 11 is 0. The Balaban J connectivity index is 0.000000738. The number of imide groups is 1. The lowest BCUT2D eigenvalue weighted by atomic mass is 9.76. The number of halogens is 6. The molecule has 2 amide bonds. The fourth-order valence-electron chi connectivity index (χ4n) is 5.32. The Kier molecular flexibility index (Phi) is 10.4. The van der Waals surface area contributed by atoms with Crippen LogP contribution in [0.5, 0.6) is 5.75 Å². The monoisotopic (exact) mass is 683 g/mol. The van der Waals surface area contributed by atoms with Crippen LogP contribution in [0.2, 0.25) is 0 Å². The first-order valence-corrected chi connectivity index (χ1v) is 14.4. The number of likely N-dealkylation sites (N-methyl/N-ethyl adjacent to an activating group) is 1. The van der Waals surface area contributed by atoms with Crippen LogP contribution in [-0.4, -0.2) is 98.4 Å². The second-order valence-corrected chi connectivity index (χ2v) is 12.3. The smallest absolute Gasteiger partial charge is 0.475 e. The highest BCUT2D eigenvalue weighted by atomic mass is 32.2. The number of carbonyl (C=O) groups is 4. The maximum absolute atomic E-state index is 13.2. The molecule has 252 valence electrons. The van der Waals surface area contributed by atoms with E-state index in [1.165, 1.54) is 14.1 Å². The van der Waals surface area contributed by atoms with Crippen molar-refractivity contribution in [3.8, 4) is 5.75 Å². The number of carboxylic acids is 1. The number of hydrogen-bond donors (Lipinski definition) is 2. The van der Waals surface area contributed by atoms with Gasteiger partial charge in [0.05, 0.1) is 23.8 Å². The number of nitrogens with one attached hydrogen (secondary N) is 1. The highest BCUT2D eigenvalue weighted by molar-refractivity contribution is 7.89. The maximum atomic E-state index is 13.2. The van der Waals surface area contributed by atoms with Gasteiger partial charge in [-0.15, -0.1) is 13.2 Å². The number of alkyl halides is 6. The third-order valence-electron chi connectivity index (χ3n) is 7.32. The second-order valence-electron chi connectivity index (χ2n) is 10.2. The largest absolute Gasteiger partial charge is 0.573 e. The minimum absolute atomic E-state index is 0.00215. The standard InChI is InChI=1S/C25H26F3N3O7S.C2HF3O2/c1-30(39(35,36)17-11-9-16(10-12-17)38-25(26,27)28)14-18-19-20(22(33)31(2)21(19)32)24(29-18,23(34)37-3)13-15-7-5-4-6-8-15;3-2(4,5)1(6)7/h4-12,18-20,29H,13-14H2,1-3H3;(H,6,7)/t18-,19+,20-,24-;/m1./s1. The highest BCUT2D eigenvalue weighted by Gasteiger charge is 2.68. The number of sulfonamides is 1. The van der Waals surface area contributed by atoms with Gasteiger partial charge in [0.25, 0.3) is 0 Å². The molecule has 46 heavy (non-hydrogen) atoms. The zero-order chi connectivity index (χ0) is 34.8. The SMILES string of the molecule is COC(=O)[C@]1(Cc2ccccc2)N[C@H](CN(C)S(=O)(=O)c2ccc(OC(F)(F)F)cc2)[C@@H]2C(=O)N(C)C(=O)[C@@H]21.O=C(O)C(F)(F)F. The first kappa shape index (κ1) is 36.2. The van der Waals surface area contributed by atoms with Gasteiger partial charge >= 0.3 is 24.5 Å². The van der Waals surface area contributed by atoms with Crippen molar-refractivity contribution in [2.75, 3.05) is 27.7 Å². The molecule has 2 saturated heterocycles. The zero-order valence-electron chi connectivity index (χ0n) is 24.1.